The SMILES string of the molecule is CC(C)(C)OC(=O)c1ccccc1N1CCCC1.O=c1ccc(C(F)(F)F)c[nH]1. The van der Waals surface area contributed by atoms with Gasteiger partial charge in [0.1, 0.15) is 5.60 Å². The Morgan fingerprint density at radius 3 is 2.17 bits per heavy atom. The molecule has 1 aromatic carbocycles. The van der Waals surface area contributed by atoms with Crippen molar-refractivity contribution < 1.29 is 22.7 Å². The molecule has 0 atom stereocenters. The summed E-state index contributed by atoms with van der Waals surface area (Å²) in [6.07, 6.45) is -1.35. The molecule has 1 aliphatic rings. The van der Waals surface area contributed by atoms with Gasteiger partial charge in [-0.1, -0.05) is 12.1 Å². The van der Waals surface area contributed by atoms with Crippen molar-refractivity contribution in [3.63, 3.8) is 0 Å². The van der Waals surface area contributed by atoms with Crippen molar-refractivity contribution in [2.24, 2.45) is 0 Å². The first-order valence-corrected chi connectivity index (χ1v) is 9.30. The smallest absolute Gasteiger partial charge is 0.417 e. The molecule has 0 amide bonds. The van der Waals surface area contributed by atoms with Gasteiger partial charge in [-0.05, 0) is 51.8 Å². The maximum Gasteiger partial charge on any atom is 0.417 e. The Labute approximate surface area is 167 Å². The third-order valence-corrected chi connectivity index (χ3v) is 4.08. The average Bonchev–Trinajstić information content (AvgIpc) is 3.15. The number of anilines is 1. The minimum Gasteiger partial charge on any atom is -0.456 e. The summed E-state index contributed by atoms with van der Waals surface area (Å²) < 4.78 is 40.9. The number of H-pyrrole nitrogens is 1. The third-order valence-electron chi connectivity index (χ3n) is 4.08. The van der Waals surface area contributed by atoms with Crippen molar-refractivity contribution in [3.05, 3.63) is 64.1 Å². The molecule has 0 bridgehead atoms. The third kappa shape index (κ3) is 6.96. The Bertz CT molecular complexity index is 859. The number of aromatic nitrogens is 1. The second-order valence-corrected chi connectivity index (χ2v) is 7.65. The van der Waals surface area contributed by atoms with Gasteiger partial charge in [-0.25, -0.2) is 4.79 Å². The molecule has 0 saturated carbocycles. The van der Waals surface area contributed by atoms with Gasteiger partial charge in [0.15, 0.2) is 0 Å². The highest BCUT2D eigenvalue weighted by atomic mass is 19.4. The first-order valence-electron chi connectivity index (χ1n) is 9.30. The fraction of sp³-hybridized carbons (Fsp3) is 0.429. The Balaban J connectivity index is 0.000000234. The second kappa shape index (κ2) is 9.15. The average molecular weight is 410 g/mol. The van der Waals surface area contributed by atoms with Crippen LogP contribution in [0.25, 0.3) is 0 Å². The maximum atomic E-state index is 12.2. The van der Waals surface area contributed by atoms with Crippen LogP contribution in [-0.4, -0.2) is 29.6 Å². The maximum absolute atomic E-state index is 12.2. The number of pyridine rings is 1. The van der Waals surface area contributed by atoms with Crippen LogP contribution in [0.3, 0.4) is 0 Å². The molecule has 2 heterocycles. The number of ether oxygens (including phenoxy) is 1. The lowest BCUT2D eigenvalue weighted by atomic mass is 10.1. The van der Waals surface area contributed by atoms with Crippen LogP contribution >= 0.6 is 0 Å². The molecule has 1 fully saturated rings. The van der Waals surface area contributed by atoms with Crippen LogP contribution in [-0.2, 0) is 10.9 Å². The fourth-order valence-corrected chi connectivity index (χ4v) is 2.80. The van der Waals surface area contributed by atoms with Crippen LogP contribution in [0.5, 0.6) is 0 Å². The zero-order valence-electron chi connectivity index (χ0n) is 16.7. The summed E-state index contributed by atoms with van der Waals surface area (Å²) in [5, 5.41) is 0. The first kappa shape index (κ1) is 22.5. The van der Waals surface area contributed by atoms with Crippen molar-refractivity contribution in [2.75, 3.05) is 18.0 Å². The summed E-state index contributed by atoms with van der Waals surface area (Å²) >= 11 is 0. The van der Waals surface area contributed by atoms with Gasteiger partial charge in [-0.2, -0.15) is 13.2 Å². The van der Waals surface area contributed by atoms with E-state index in [-0.39, 0.29) is 5.97 Å². The molecule has 0 radical (unpaired) electrons. The van der Waals surface area contributed by atoms with E-state index in [1.807, 2.05) is 50.0 Å². The van der Waals surface area contributed by atoms with Gasteiger partial charge >= 0.3 is 12.1 Å². The standard InChI is InChI=1S/C15H21NO2.C6H4F3NO/c1-15(2,3)18-14(17)12-8-4-5-9-13(12)16-10-6-7-11-16;7-6(8,9)4-1-2-5(11)10-3-4/h4-5,8-9H,6-7,10-11H2,1-3H3;1-3H,(H,10,11). The normalized spacial score (nSPS) is 14.2. The Kier molecular flexibility index (Phi) is 7.11. The number of halogens is 3. The largest absolute Gasteiger partial charge is 0.456 e. The van der Waals surface area contributed by atoms with Gasteiger partial charge in [0, 0.05) is 25.4 Å². The molecule has 3 rings (SSSR count). The second-order valence-electron chi connectivity index (χ2n) is 7.65. The molecule has 0 aliphatic carbocycles. The molecule has 1 aliphatic heterocycles. The summed E-state index contributed by atoms with van der Waals surface area (Å²) in [4.78, 5) is 26.7. The molecule has 1 saturated heterocycles. The zero-order chi connectivity index (χ0) is 21.7. The van der Waals surface area contributed by atoms with Gasteiger partial charge in [0.2, 0.25) is 5.56 Å². The number of esters is 1. The van der Waals surface area contributed by atoms with E-state index < -0.39 is 22.9 Å². The van der Waals surface area contributed by atoms with Crippen LogP contribution in [0.1, 0.15) is 49.5 Å². The molecule has 5 nitrogen and oxygen atoms in total. The number of nitrogens with zero attached hydrogens (tertiary/aromatic N) is 1. The van der Waals surface area contributed by atoms with E-state index in [1.54, 1.807) is 0 Å². The molecule has 29 heavy (non-hydrogen) atoms. The number of para-hydroxylation sites is 1. The summed E-state index contributed by atoms with van der Waals surface area (Å²) in [6, 6.07) is 9.29. The molecule has 1 aromatic heterocycles. The predicted molar refractivity (Wildman–Crippen MR) is 105 cm³/mol. The van der Waals surface area contributed by atoms with Gasteiger partial charge in [-0.3, -0.25) is 4.79 Å². The summed E-state index contributed by atoms with van der Waals surface area (Å²) in [7, 11) is 0. The number of alkyl halides is 3. The summed E-state index contributed by atoms with van der Waals surface area (Å²) in [5.74, 6) is -0.231. The summed E-state index contributed by atoms with van der Waals surface area (Å²) in [5.41, 5.74) is -0.163. The Hall–Kier alpha value is -2.77. The number of rotatable bonds is 2. The van der Waals surface area contributed by atoms with Crippen molar-refractivity contribution >= 4 is 11.7 Å². The molecule has 1 N–H and O–H groups in total. The van der Waals surface area contributed by atoms with Crippen molar-refractivity contribution in [1.82, 2.24) is 4.98 Å². The molecular formula is C21H25F3N2O3. The quantitative estimate of drug-likeness (QED) is 0.733. The van der Waals surface area contributed by atoms with E-state index in [0.29, 0.717) is 11.8 Å². The number of carbonyl (C=O) groups is 1. The van der Waals surface area contributed by atoms with E-state index >= 15 is 0 Å². The van der Waals surface area contributed by atoms with E-state index in [9.17, 15) is 22.8 Å². The first-order chi connectivity index (χ1) is 13.5. The number of carbonyl (C=O) groups excluding carboxylic acids is 1. The molecule has 8 heteroatoms. The number of nitrogens with one attached hydrogen (secondary N) is 1. The number of benzene rings is 1. The highest BCUT2D eigenvalue weighted by Crippen LogP contribution is 2.27. The zero-order valence-corrected chi connectivity index (χ0v) is 16.7. The van der Waals surface area contributed by atoms with Crippen LogP contribution in [0.15, 0.2) is 47.4 Å². The summed E-state index contributed by atoms with van der Waals surface area (Å²) in [6.45, 7) is 7.73. The highest BCUT2D eigenvalue weighted by Gasteiger charge is 2.30. The molecule has 2 aromatic rings. The number of aromatic amines is 1. The van der Waals surface area contributed by atoms with Crippen molar-refractivity contribution in [1.29, 1.82) is 0 Å². The van der Waals surface area contributed by atoms with Gasteiger partial charge in [-0.15, -0.1) is 0 Å². The topological polar surface area (TPSA) is 62.4 Å². The van der Waals surface area contributed by atoms with E-state index in [0.717, 1.165) is 30.9 Å². The van der Waals surface area contributed by atoms with Crippen LogP contribution in [0.4, 0.5) is 18.9 Å². The Morgan fingerprint density at radius 1 is 1.03 bits per heavy atom. The van der Waals surface area contributed by atoms with Crippen LogP contribution < -0.4 is 10.5 Å². The minimum absolute atomic E-state index is 0.231. The lowest BCUT2D eigenvalue weighted by Gasteiger charge is -2.24. The monoisotopic (exact) mass is 410 g/mol. The van der Waals surface area contributed by atoms with Crippen LogP contribution in [0, 0.1) is 0 Å². The minimum atomic E-state index is -4.38. The fourth-order valence-electron chi connectivity index (χ4n) is 2.80. The lowest BCUT2D eigenvalue weighted by molar-refractivity contribution is -0.137. The molecule has 0 spiro atoms. The molecule has 0 unspecified atom stereocenters. The number of hydrogen-bond donors (Lipinski definition) is 1. The number of hydrogen-bond acceptors (Lipinski definition) is 4. The highest BCUT2D eigenvalue weighted by molar-refractivity contribution is 5.96. The molecule has 158 valence electrons. The van der Waals surface area contributed by atoms with Gasteiger partial charge in [0.25, 0.3) is 0 Å². The predicted octanol–water partition coefficient (Wildman–Crippen LogP) is 4.64. The van der Waals surface area contributed by atoms with Crippen LogP contribution in [0.2, 0.25) is 0 Å². The van der Waals surface area contributed by atoms with E-state index in [2.05, 4.69) is 4.90 Å². The van der Waals surface area contributed by atoms with E-state index in [4.69, 9.17) is 4.74 Å². The van der Waals surface area contributed by atoms with Crippen molar-refractivity contribution in [3.8, 4) is 0 Å². The molecular weight excluding hydrogens is 385 g/mol. The van der Waals surface area contributed by atoms with E-state index in [1.165, 1.54) is 12.8 Å². The van der Waals surface area contributed by atoms with Crippen molar-refractivity contribution in [2.45, 2.75) is 45.4 Å². The Morgan fingerprint density at radius 2 is 1.66 bits per heavy atom. The van der Waals surface area contributed by atoms with Gasteiger partial charge < -0.3 is 14.6 Å². The lowest BCUT2D eigenvalue weighted by Crippen LogP contribution is -2.26. The van der Waals surface area contributed by atoms with Gasteiger partial charge in [0.05, 0.1) is 16.8 Å².